The number of esters is 1. The van der Waals surface area contributed by atoms with Crippen LogP contribution in [0.15, 0.2) is 35.2 Å². The van der Waals surface area contributed by atoms with E-state index in [2.05, 4.69) is 5.32 Å². The minimum atomic E-state index is -0.353. The summed E-state index contributed by atoms with van der Waals surface area (Å²) < 4.78 is 10.4. The van der Waals surface area contributed by atoms with Crippen LogP contribution in [0.25, 0.3) is 0 Å². The second kappa shape index (κ2) is 9.48. The molecule has 0 saturated carbocycles. The van der Waals surface area contributed by atoms with Crippen molar-refractivity contribution in [3.05, 3.63) is 40.8 Å². The maximum absolute atomic E-state index is 12.1. The quantitative estimate of drug-likeness (QED) is 0.545. The van der Waals surface area contributed by atoms with Crippen molar-refractivity contribution in [2.45, 2.75) is 25.7 Å². The minimum absolute atomic E-state index is 0.115. The number of carbonyl (C=O) groups excluding carboxylic acids is 2. The van der Waals surface area contributed by atoms with Gasteiger partial charge in [0, 0.05) is 4.90 Å². The van der Waals surface area contributed by atoms with Gasteiger partial charge in [0.05, 0.1) is 24.0 Å². The highest BCUT2D eigenvalue weighted by atomic mass is 32.2. The highest BCUT2D eigenvalue weighted by molar-refractivity contribution is 8.00. The second-order valence-electron chi connectivity index (χ2n) is 5.08. The van der Waals surface area contributed by atoms with Crippen LogP contribution in [0.5, 0.6) is 5.75 Å². The van der Waals surface area contributed by atoms with Gasteiger partial charge >= 0.3 is 5.97 Å². The number of thiophene rings is 1. The van der Waals surface area contributed by atoms with E-state index in [1.807, 2.05) is 38.1 Å². The van der Waals surface area contributed by atoms with Crippen LogP contribution in [0.3, 0.4) is 0 Å². The van der Waals surface area contributed by atoms with Crippen molar-refractivity contribution in [2.24, 2.45) is 0 Å². The van der Waals surface area contributed by atoms with E-state index in [0.29, 0.717) is 28.8 Å². The zero-order valence-corrected chi connectivity index (χ0v) is 16.1. The average Bonchev–Trinajstić information content (AvgIpc) is 2.95. The third-order valence-electron chi connectivity index (χ3n) is 3.15. The molecule has 0 bridgehead atoms. The molecule has 0 aliphatic heterocycles. The zero-order valence-electron chi connectivity index (χ0n) is 14.5. The summed E-state index contributed by atoms with van der Waals surface area (Å²) in [5, 5.41) is 3.48. The van der Waals surface area contributed by atoms with E-state index in [1.165, 1.54) is 23.1 Å². The maximum atomic E-state index is 12.1. The molecule has 25 heavy (non-hydrogen) atoms. The Hall–Kier alpha value is -1.99. The third kappa shape index (κ3) is 5.79. The van der Waals surface area contributed by atoms with E-state index in [-0.39, 0.29) is 11.9 Å². The fraction of sp³-hybridized carbons (Fsp3) is 0.333. The van der Waals surface area contributed by atoms with E-state index in [1.54, 1.807) is 13.0 Å². The molecule has 2 aromatic rings. The molecule has 0 saturated heterocycles. The Balaban J connectivity index is 1.88. The summed E-state index contributed by atoms with van der Waals surface area (Å²) in [6.45, 7) is 6.49. The number of hydrogen-bond donors (Lipinski definition) is 1. The van der Waals surface area contributed by atoms with E-state index in [0.717, 1.165) is 16.2 Å². The summed E-state index contributed by atoms with van der Waals surface area (Å²) in [7, 11) is 0. The normalized spacial score (nSPS) is 10.4. The predicted octanol–water partition coefficient (Wildman–Crippen LogP) is 4.36. The number of aryl methyl sites for hydroxylation is 1. The number of carbonyl (C=O) groups is 2. The van der Waals surface area contributed by atoms with Crippen LogP contribution >= 0.6 is 23.1 Å². The van der Waals surface area contributed by atoms with Gasteiger partial charge in [-0.15, -0.1) is 23.1 Å². The molecule has 1 heterocycles. The fourth-order valence-electron chi connectivity index (χ4n) is 2.06. The Labute approximate surface area is 155 Å². The van der Waals surface area contributed by atoms with Crippen molar-refractivity contribution in [1.82, 2.24) is 0 Å². The lowest BCUT2D eigenvalue weighted by Crippen LogP contribution is -2.12. The lowest BCUT2D eigenvalue weighted by atomic mass is 10.3. The Kier molecular flexibility index (Phi) is 7.33. The van der Waals surface area contributed by atoms with E-state index in [9.17, 15) is 9.59 Å². The van der Waals surface area contributed by atoms with Crippen LogP contribution in [0.2, 0.25) is 0 Å². The highest BCUT2D eigenvalue weighted by Gasteiger charge is 2.15. The standard InChI is InChI=1S/C18H21NO4S2/c1-4-22-13-6-8-14(9-7-13)24-11-15(20)19-16-10-12(3)17(25-16)18(21)23-5-2/h6-10H,4-5,11H2,1-3H3,(H,19,20). The van der Waals surface area contributed by atoms with E-state index >= 15 is 0 Å². The Morgan fingerprint density at radius 2 is 1.88 bits per heavy atom. The largest absolute Gasteiger partial charge is 0.494 e. The van der Waals surface area contributed by atoms with Crippen LogP contribution in [0.1, 0.15) is 29.1 Å². The van der Waals surface area contributed by atoms with Gasteiger partial charge in [0.1, 0.15) is 10.6 Å². The predicted molar refractivity (Wildman–Crippen MR) is 102 cm³/mol. The molecular weight excluding hydrogens is 358 g/mol. The summed E-state index contributed by atoms with van der Waals surface area (Å²) in [6, 6.07) is 9.42. The third-order valence-corrected chi connectivity index (χ3v) is 5.29. The van der Waals surface area contributed by atoms with Gasteiger partial charge in [0.2, 0.25) is 5.91 Å². The molecular formula is C18H21NO4S2. The van der Waals surface area contributed by atoms with Crippen LogP contribution in [0, 0.1) is 6.92 Å². The molecule has 7 heteroatoms. The molecule has 5 nitrogen and oxygen atoms in total. The number of ether oxygens (including phenoxy) is 2. The van der Waals surface area contributed by atoms with E-state index < -0.39 is 0 Å². The number of hydrogen-bond acceptors (Lipinski definition) is 6. The summed E-state index contributed by atoms with van der Waals surface area (Å²) in [4.78, 5) is 25.4. The van der Waals surface area contributed by atoms with Crippen molar-refractivity contribution in [2.75, 3.05) is 24.3 Å². The molecule has 0 fully saturated rings. The van der Waals surface area contributed by atoms with Crippen LogP contribution in [0.4, 0.5) is 5.00 Å². The van der Waals surface area contributed by atoms with Gasteiger partial charge < -0.3 is 14.8 Å². The summed E-state index contributed by atoms with van der Waals surface area (Å²) in [5.74, 6) is 0.640. The number of anilines is 1. The molecule has 1 N–H and O–H groups in total. The van der Waals surface area contributed by atoms with Gasteiger partial charge in [0.15, 0.2) is 0 Å². The molecule has 0 atom stereocenters. The number of rotatable bonds is 8. The topological polar surface area (TPSA) is 64.6 Å². The van der Waals surface area contributed by atoms with Crippen LogP contribution in [-0.2, 0) is 9.53 Å². The molecule has 1 aromatic carbocycles. The van der Waals surface area contributed by atoms with Crippen LogP contribution < -0.4 is 10.1 Å². The molecule has 134 valence electrons. The monoisotopic (exact) mass is 379 g/mol. The summed E-state index contributed by atoms with van der Waals surface area (Å²) in [5.41, 5.74) is 0.804. The number of amides is 1. The van der Waals surface area contributed by atoms with Crippen molar-refractivity contribution < 1.29 is 19.1 Å². The first-order valence-electron chi connectivity index (χ1n) is 7.96. The summed E-state index contributed by atoms with van der Waals surface area (Å²) >= 11 is 2.68. The van der Waals surface area contributed by atoms with Crippen molar-refractivity contribution in [3.8, 4) is 5.75 Å². The Bertz CT molecular complexity index is 725. The first-order valence-corrected chi connectivity index (χ1v) is 9.76. The Morgan fingerprint density at radius 1 is 1.16 bits per heavy atom. The van der Waals surface area contributed by atoms with Gasteiger partial charge in [-0.2, -0.15) is 0 Å². The van der Waals surface area contributed by atoms with Crippen molar-refractivity contribution in [3.63, 3.8) is 0 Å². The Morgan fingerprint density at radius 3 is 2.52 bits per heavy atom. The molecule has 0 aliphatic rings. The van der Waals surface area contributed by atoms with Crippen molar-refractivity contribution in [1.29, 1.82) is 0 Å². The molecule has 0 radical (unpaired) electrons. The zero-order chi connectivity index (χ0) is 18.2. The first kappa shape index (κ1) is 19.3. The smallest absolute Gasteiger partial charge is 0.348 e. The number of nitrogens with one attached hydrogen (secondary N) is 1. The molecule has 1 aromatic heterocycles. The maximum Gasteiger partial charge on any atom is 0.348 e. The number of benzene rings is 1. The fourth-order valence-corrected chi connectivity index (χ4v) is 3.75. The molecule has 0 unspecified atom stereocenters. The first-order chi connectivity index (χ1) is 12.0. The lowest BCUT2D eigenvalue weighted by molar-refractivity contribution is -0.113. The minimum Gasteiger partial charge on any atom is -0.494 e. The highest BCUT2D eigenvalue weighted by Crippen LogP contribution is 2.28. The summed E-state index contributed by atoms with van der Waals surface area (Å²) in [6.07, 6.45) is 0. The molecule has 0 spiro atoms. The van der Waals surface area contributed by atoms with Gasteiger partial charge in [-0.05, 0) is 56.7 Å². The average molecular weight is 380 g/mol. The number of thioether (sulfide) groups is 1. The SMILES string of the molecule is CCOC(=O)c1sc(NC(=O)CSc2ccc(OCC)cc2)cc1C. The van der Waals surface area contributed by atoms with Gasteiger partial charge in [-0.1, -0.05) is 0 Å². The lowest BCUT2D eigenvalue weighted by Gasteiger charge is -2.05. The van der Waals surface area contributed by atoms with Crippen LogP contribution in [-0.4, -0.2) is 30.8 Å². The van der Waals surface area contributed by atoms with Gasteiger partial charge in [-0.3, -0.25) is 4.79 Å². The molecule has 2 rings (SSSR count). The van der Waals surface area contributed by atoms with E-state index in [4.69, 9.17) is 9.47 Å². The van der Waals surface area contributed by atoms with Gasteiger partial charge in [0.25, 0.3) is 0 Å². The molecule has 0 aliphatic carbocycles. The van der Waals surface area contributed by atoms with Gasteiger partial charge in [-0.25, -0.2) is 4.79 Å². The second-order valence-corrected chi connectivity index (χ2v) is 7.19. The molecule has 1 amide bonds. The van der Waals surface area contributed by atoms with Crippen molar-refractivity contribution >= 4 is 40.0 Å².